The summed E-state index contributed by atoms with van der Waals surface area (Å²) in [6.45, 7) is 4.49. The zero-order valence-electron chi connectivity index (χ0n) is 16.9. The summed E-state index contributed by atoms with van der Waals surface area (Å²) in [5, 5.41) is 14.9. The van der Waals surface area contributed by atoms with Crippen LogP contribution in [0, 0.1) is 10.1 Å². The minimum Gasteiger partial charge on any atom is -0.486 e. The predicted octanol–water partition coefficient (Wildman–Crippen LogP) is 2.18. The number of carbonyl (C=O) groups excluding carboxylic acids is 1. The summed E-state index contributed by atoms with van der Waals surface area (Å²) >= 11 is 0. The Labute approximate surface area is 177 Å². The monoisotopic (exact) mass is 430 g/mol. The molecular weight excluding hydrogens is 408 g/mol. The van der Waals surface area contributed by atoms with Crippen LogP contribution in [0.25, 0.3) is 0 Å². The largest absolute Gasteiger partial charge is 0.486 e. The van der Waals surface area contributed by atoms with Crippen LogP contribution in [-0.2, 0) is 4.74 Å². The topological polar surface area (TPSA) is 132 Å². The van der Waals surface area contributed by atoms with E-state index in [1.165, 1.54) is 6.33 Å². The molecule has 12 nitrogen and oxygen atoms in total. The predicted molar refractivity (Wildman–Crippen MR) is 110 cm³/mol. The highest BCUT2D eigenvalue weighted by Gasteiger charge is 2.31. The summed E-state index contributed by atoms with van der Waals surface area (Å²) in [6.07, 6.45) is 0.890. The van der Waals surface area contributed by atoms with Crippen LogP contribution in [0.2, 0.25) is 0 Å². The summed E-state index contributed by atoms with van der Waals surface area (Å²) in [5.74, 6) is 1.44. The van der Waals surface area contributed by atoms with Gasteiger partial charge in [0.1, 0.15) is 19.5 Å². The molecule has 0 bridgehead atoms. The fourth-order valence-corrected chi connectivity index (χ4v) is 3.43. The number of ether oxygens (including phenoxy) is 3. The van der Waals surface area contributed by atoms with E-state index in [-0.39, 0.29) is 23.4 Å². The van der Waals surface area contributed by atoms with Gasteiger partial charge in [0, 0.05) is 37.9 Å². The molecule has 1 saturated heterocycles. The van der Waals surface area contributed by atoms with Gasteiger partial charge in [0.05, 0.1) is 11.5 Å². The number of nitrogens with zero attached hydrogens (tertiary/aromatic N) is 5. The third-order valence-corrected chi connectivity index (χ3v) is 4.90. The molecule has 1 N–H and O–H groups in total. The molecule has 0 atom stereocenters. The third kappa shape index (κ3) is 4.37. The summed E-state index contributed by atoms with van der Waals surface area (Å²) in [5.41, 5.74) is 0.339. The van der Waals surface area contributed by atoms with Crippen LogP contribution in [-0.4, -0.2) is 71.9 Å². The average Bonchev–Trinajstić information content (AvgIpc) is 2.79. The van der Waals surface area contributed by atoms with Crippen molar-refractivity contribution in [3.63, 3.8) is 0 Å². The van der Waals surface area contributed by atoms with Crippen LogP contribution in [0.5, 0.6) is 11.5 Å². The quantitative estimate of drug-likeness (QED) is 0.556. The smallest absolute Gasteiger partial charge is 0.409 e. The number of hydrogen-bond donors (Lipinski definition) is 1. The first-order chi connectivity index (χ1) is 15.1. The summed E-state index contributed by atoms with van der Waals surface area (Å²) in [7, 11) is 0. The molecule has 1 amide bonds. The van der Waals surface area contributed by atoms with Crippen molar-refractivity contribution in [3.8, 4) is 11.5 Å². The van der Waals surface area contributed by atoms with Crippen LogP contribution in [0.3, 0.4) is 0 Å². The van der Waals surface area contributed by atoms with Crippen molar-refractivity contribution in [2.24, 2.45) is 0 Å². The molecule has 2 aliphatic heterocycles. The number of nitrogens with one attached hydrogen (secondary N) is 1. The van der Waals surface area contributed by atoms with Gasteiger partial charge in [-0.2, -0.15) is 0 Å². The van der Waals surface area contributed by atoms with Gasteiger partial charge >= 0.3 is 11.8 Å². The molecule has 31 heavy (non-hydrogen) atoms. The van der Waals surface area contributed by atoms with Gasteiger partial charge in [0.15, 0.2) is 11.5 Å². The second-order valence-electron chi connectivity index (χ2n) is 6.81. The normalized spacial score (nSPS) is 15.4. The standard InChI is InChI=1S/C19H22N6O6/c1-2-29-19(26)24-7-5-23(6-8-24)18-16(25(27)28)17(20-12-21-18)22-13-3-4-14-15(11-13)31-10-9-30-14/h3-4,11-12H,2,5-10H2,1H3,(H,20,21,22). The average molecular weight is 430 g/mol. The SMILES string of the molecule is CCOC(=O)N1CCN(c2ncnc(Nc3ccc4c(c3)OCCO4)c2[N+](=O)[O-])CC1. The van der Waals surface area contributed by atoms with E-state index >= 15 is 0 Å². The molecule has 164 valence electrons. The van der Waals surface area contributed by atoms with Crippen molar-refractivity contribution in [1.29, 1.82) is 0 Å². The molecule has 1 aromatic heterocycles. The highest BCUT2D eigenvalue weighted by Crippen LogP contribution is 2.37. The van der Waals surface area contributed by atoms with Gasteiger partial charge in [0.25, 0.3) is 0 Å². The number of benzene rings is 1. The van der Waals surface area contributed by atoms with E-state index in [1.807, 2.05) is 0 Å². The van der Waals surface area contributed by atoms with Gasteiger partial charge < -0.3 is 29.3 Å². The van der Waals surface area contributed by atoms with Crippen molar-refractivity contribution in [2.75, 3.05) is 56.2 Å². The lowest BCUT2D eigenvalue weighted by Crippen LogP contribution is -2.49. The molecule has 12 heteroatoms. The molecule has 1 fully saturated rings. The number of fused-ring (bicyclic) bond motifs is 1. The molecule has 0 radical (unpaired) electrons. The number of aromatic nitrogens is 2. The van der Waals surface area contributed by atoms with E-state index in [9.17, 15) is 14.9 Å². The van der Waals surface area contributed by atoms with Crippen molar-refractivity contribution in [1.82, 2.24) is 14.9 Å². The Morgan fingerprint density at radius 1 is 1.19 bits per heavy atom. The molecule has 0 spiro atoms. The first-order valence-corrected chi connectivity index (χ1v) is 9.89. The van der Waals surface area contributed by atoms with Gasteiger partial charge in [0.2, 0.25) is 11.6 Å². The molecule has 4 rings (SSSR count). The summed E-state index contributed by atoms with van der Waals surface area (Å²) in [4.78, 5) is 34.9. The van der Waals surface area contributed by atoms with Crippen molar-refractivity contribution in [2.45, 2.75) is 6.92 Å². The first kappa shape index (κ1) is 20.4. The molecule has 2 aromatic rings. The maximum absolute atomic E-state index is 11.9. The van der Waals surface area contributed by atoms with E-state index in [4.69, 9.17) is 14.2 Å². The maximum Gasteiger partial charge on any atom is 0.409 e. The zero-order valence-corrected chi connectivity index (χ0v) is 16.9. The Bertz CT molecular complexity index is 978. The van der Waals surface area contributed by atoms with E-state index in [0.29, 0.717) is 63.2 Å². The molecule has 2 aliphatic rings. The van der Waals surface area contributed by atoms with E-state index in [1.54, 1.807) is 34.9 Å². The zero-order chi connectivity index (χ0) is 21.8. The van der Waals surface area contributed by atoms with Gasteiger partial charge in [-0.15, -0.1) is 0 Å². The second-order valence-corrected chi connectivity index (χ2v) is 6.81. The highest BCUT2D eigenvalue weighted by atomic mass is 16.6. The Kier molecular flexibility index (Phi) is 5.87. The van der Waals surface area contributed by atoms with Crippen LogP contribution in [0.1, 0.15) is 6.92 Å². The van der Waals surface area contributed by atoms with Gasteiger partial charge in [-0.05, 0) is 19.1 Å². The van der Waals surface area contributed by atoms with Crippen LogP contribution in [0.4, 0.5) is 27.8 Å². The number of amides is 1. The Balaban J connectivity index is 1.55. The minimum atomic E-state index is -0.507. The Hall–Kier alpha value is -3.83. The first-order valence-electron chi connectivity index (χ1n) is 9.89. The van der Waals surface area contributed by atoms with Crippen LogP contribution in [0.15, 0.2) is 24.5 Å². The summed E-state index contributed by atoms with van der Waals surface area (Å²) in [6, 6.07) is 5.18. The molecular formula is C19H22N6O6. The lowest BCUT2D eigenvalue weighted by molar-refractivity contribution is -0.383. The molecule has 0 unspecified atom stereocenters. The van der Waals surface area contributed by atoms with E-state index < -0.39 is 4.92 Å². The van der Waals surface area contributed by atoms with E-state index in [2.05, 4.69) is 15.3 Å². The number of hydrogen-bond acceptors (Lipinski definition) is 10. The van der Waals surface area contributed by atoms with Crippen molar-refractivity contribution < 1.29 is 23.9 Å². The lowest BCUT2D eigenvalue weighted by atomic mass is 10.2. The second kappa shape index (κ2) is 8.90. The van der Waals surface area contributed by atoms with Crippen molar-refractivity contribution >= 4 is 29.1 Å². The van der Waals surface area contributed by atoms with Crippen LogP contribution < -0.4 is 19.7 Å². The Morgan fingerprint density at radius 2 is 1.94 bits per heavy atom. The molecule has 0 saturated carbocycles. The Morgan fingerprint density at radius 3 is 2.65 bits per heavy atom. The van der Waals surface area contributed by atoms with E-state index in [0.717, 1.165) is 0 Å². The number of rotatable bonds is 5. The van der Waals surface area contributed by atoms with Gasteiger partial charge in [-0.3, -0.25) is 10.1 Å². The number of carbonyl (C=O) groups is 1. The van der Waals surface area contributed by atoms with Gasteiger partial charge in [-0.1, -0.05) is 0 Å². The maximum atomic E-state index is 11.9. The summed E-state index contributed by atoms with van der Waals surface area (Å²) < 4.78 is 16.1. The lowest BCUT2D eigenvalue weighted by Gasteiger charge is -2.34. The fourth-order valence-electron chi connectivity index (χ4n) is 3.43. The van der Waals surface area contributed by atoms with Crippen LogP contribution >= 0.6 is 0 Å². The number of nitro groups is 1. The molecule has 0 aliphatic carbocycles. The molecule has 1 aromatic carbocycles. The third-order valence-electron chi connectivity index (χ3n) is 4.90. The molecule has 3 heterocycles. The van der Waals surface area contributed by atoms with Gasteiger partial charge in [-0.25, -0.2) is 14.8 Å². The minimum absolute atomic E-state index is 0.0690. The van der Waals surface area contributed by atoms with Crippen molar-refractivity contribution in [3.05, 3.63) is 34.6 Å². The fraction of sp³-hybridized carbons (Fsp3) is 0.421. The number of piperazine rings is 1. The number of anilines is 3. The highest BCUT2D eigenvalue weighted by molar-refractivity contribution is 5.75.